The first-order valence-corrected chi connectivity index (χ1v) is 4.67. The molecular formula is C12H12IN3. The molecular weight excluding hydrogens is 313 g/mol. The van der Waals surface area contributed by atoms with Crippen LogP contribution >= 0.6 is 24.0 Å². The number of nitrogen functional groups attached to an aromatic ring is 1. The van der Waals surface area contributed by atoms with Crippen LogP contribution in [-0.2, 0) is 0 Å². The van der Waals surface area contributed by atoms with E-state index < -0.39 is 0 Å². The van der Waals surface area contributed by atoms with Crippen LogP contribution in [-0.4, -0.2) is 0 Å². The molecule has 0 amide bonds. The molecule has 0 atom stereocenters. The molecule has 2 aromatic carbocycles. The number of anilines is 1. The number of nitrogens with zero attached hydrogens (tertiary/aromatic N) is 2. The van der Waals surface area contributed by atoms with Crippen LogP contribution in [0.25, 0.3) is 0 Å². The van der Waals surface area contributed by atoms with Gasteiger partial charge < -0.3 is 5.73 Å². The van der Waals surface area contributed by atoms with Gasteiger partial charge in [0.25, 0.3) is 0 Å². The Morgan fingerprint density at radius 2 is 1.19 bits per heavy atom. The lowest BCUT2D eigenvalue weighted by molar-refractivity contribution is 1.23. The van der Waals surface area contributed by atoms with Crippen LogP contribution in [0.4, 0.5) is 17.1 Å². The highest BCUT2D eigenvalue weighted by molar-refractivity contribution is 14.0. The van der Waals surface area contributed by atoms with Crippen molar-refractivity contribution >= 4 is 41.0 Å². The van der Waals surface area contributed by atoms with Gasteiger partial charge in [0, 0.05) is 5.69 Å². The second-order valence-electron chi connectivity index (χ2n) is 3.13. The Morgan fingerprint density at radius 3 is 1.75 bits per heavy atom. The van der Waals surface area contributed by atoms with Crippen molar-refractivity contribution in [3.8, 4) is 0 Å². The minimum Gasteiger partial charge on any atom is -0.399 e. The molecule has 0 bridgehead atoms. The molecule has 0 aliphatic rings. The van der Waals surface area contributed by atoms with Gasteiger partial charge in [-0.2, -0.15) is 10.2 Å². The molecule has 82 valence electrons. The minimum atomic E-state index is 0. The normalized spacial score (nSPS) is 10.0. The van der Waals surface area contributed by atoms with E-state index in [1.807, 2.05) is 42.5 Å². The van der Waals surface area contributed by atoms with Crippen molar-refractivity contribution in [1.82, 2.24) is 0 Å². The van der Waals surface area contributed by atoms with Gasteiger partial charge in [-0.25, -0.2) is 0 Å². The summed E-state index contributed by atoms with van der Waals surface area (Å²) >= 11 is 0. The Bertz CT molecular complexity index is 451. The molecule has 0 saturated heterocycles. The Morgan fingerprint density at radius 1 is 0.688 bits per heavy atom. The second kappa shape index (κ2) is 6.22. The summed E-state index contributed by atoms with van der Waals surface area (Å²) in [7, 11) is 0. The lowest BCUT2D eigenvalue weighted by Gasteiger charge is -1.93. The number of nitrogens with two attached hydrogens (primary N) is 1. The number of benzene rings is 2. The Balaban J connectivity index is 0.00000128. The summed E-state index contributed by atoms with van der Waals surface area (Å²) in [5.74, 6) is 0. The van der Waals surface area contributed by atoms with E-state index in [0.29, 0.717) is 0 Å². The second-order valence-corrected chi connectivity index (χ2v) is 3.13. The quantitative estimate of drug-likeness (QED) is 0.499. The molecule has 0 radical (unpaired) electrons. The molecule has 0 aliphatic carbocycles. The molecule has 0 saturated carbocycles. The maximum Gasteiger partial charge on any atom is 0.0858 e. The van der Waals surface area contributed by atoms with Crippen molar-refractivity contribution in [2.45, 2.75) is 0 Å². The fourth-order valence-electron chi connectivity index (χ4n) is 1.15. The van der Waals surface area contributed by atoms with E-state index in [4.69, 9.17) is 5.73 Å². The predicted molar refractivity (Wildman–Crippen MR) is 76.9 cm³/mol. The first-order valence-electron chi connectivity index (χ1n) is 4.67. The average molecular weight is 325 g/mol. The van der Waals surface area contributed by atoms with Crippen molar-refractivity contribution < 1.29 is 0 Å². The Labute approximate surface area is 111 Å². The van der Waals surface area contributed by atoms with Crippen molar-refractivity contribution in [2.24, 2.45) is 10.2 Å². The third kappa shape index (κ3) is 3.62. The fourth-order valence-corrected chi connectivity index (χ4v) is 1.15. The SMILES string of the molecule is I.Nc1ccc(/N=N\c2ccccc2)cc1. The molecule has 0 aliphatic heterocycles. The first-order chi connectivity index (χ1) is 7.34. The number of rotatable bonds is 2. The standard InChI is InChI=1S/C12H11N3.HI/c13-10-6-8-12(9-7-10)15-14-11-4-2-1-3-5-11;/h1-9H,13H2;1H/b15-14-;. The highest BCUT2D eigenvalue weighted by Gasteiger charge is 1.89. The largest absolute Gasteiger partial charge is 0.399 e. The Hall–Kier alpha value is -1.43. The van der Waals surface area contributed by atoms with Gasteiger partial charge in [0.15, 0.2) is 0 Å². The van der Waals surface area contributed by atoms with Crippen LogP contribution in [0, 0.1) is 0 Å². The molecule has 0 aromatic heterocycles. The zero-order chi connectivity index (χ0) is 10.5. The number of hydrogen-bond acceptors (Lipinski definition) is 3. The molecule has 0 unspecified atom stereocenters. The van der Waals surface area contributed by atoms with Gasteiger partial charge in [0.2, 0.25) is 0 Å². The summed E-state index contributed by atoms with van der Waals surface area (Å²) < 4.78 is 0. The molecule has 2 rings (SSSR count). The van der Waals surface area contributed by atoms with Crippen molar-refractivity contribution in [1.29, 1.82) is 0 Å². The number of azo groups is 1. The van der Waals surface area contributed by atoms with E-state index >= 15 is 0 Å². The van der Waals surface area contributed by atoms with Gasteiger partial charge in [-0.05, 0) is 36.4 Å². The molecule has 2 N–H and O–H groups in total. The fraction of sp³-hybridized carbons (Fsp3) is 0. The van der Waals surface area contributed by atoms with Gasteiger partial charge in [0.05, 0.1) is 11.4 Å². The summed E-state index contributed by atoms with van der Waals surface area (Å²) in [6.45, 7) is 0. The van der Waals surface area contributed by atoms with Crippen LogP contribution in [0.3, 0.4) is 0 Å². The molecule has 4 heteroatoms. The van der Waals surface area contributed by atoms with Crippen LogP contribution in [0.1, 0.15) is 0 Å². The summed E-state index contributed by atoms with van der Waals surface area (Å²) in [4.78, 5) is 0. The maximum atomic E-state index is 5.56. The van der Waals surface area contributed by atoms with Crippen LogP contribution in [0.2, 0.25) is 0 Å². The molecule has 0 spiro atoms. The third-order valence-corrected chi connectivity index (χ3v) is 1.93. The van der Waals surface area contributed by atoms with E-state index in [2.05, 4.69) is 10.2 Å². The first kappa shape index (κ1) is 12.6. The van der Waals surface area contributed by atoms with Gasteiger partial charge in [-0.1, -0.05) is 18.2 Å². The van der Waals surface area contributed by atoms with E-state index in [1.165, 1.54) is 0 Å². The number of halogens is 1. The van der Waals surface area contributed by atoms with Gasteiger partial charge >= 0.3 is 0 Å². The zero-order valence-electron chi connectivity index (χ0n) is 8.58. The van der Waals surface area contributed by atoms with Gasteiger partial charge in [0.1, 0.15) is 0 Å². The predicted octanol–water partition coefficient (Wildman–Crippen LogP) is 4.30. The molecule has 2 aromatic rings. The van der Waals surface area contributed by atoms with Crippen LogP contribution in [0.15, 0.2) is 64.8 Å². The summed E-state index contributed by atoms with van der Waals surface area (Å²) in [6.07, 6.45) is 0. The lowest BCUT2D eigenvalue weighted by atomic mass is 10.3. The Kier molecular flexibility index (Phi) is 4.91. The topological polar surface area (TPSA) is 50.7 Å². The lowest BCUT2D eigenvalue weighted by Crippen LogP contribution is -1.80. The van der Waals surface area contributed by atoms with E-state index in [-0.39, 0.29) is 24.0 Å². The minimum absolute atomic E-state index is 0. The number of hydrogen-bond donors (Lipinski definition) is 1. The van der Waals surface area contributed by atoms with Crippen molar-refractivity contribution in [3.63, 3.8) is 0 Å². The zero-order valence-corrected chi connectivity index (χ0v) is 10.9. The van der Waals surface area contributed by atoms with E-state index in [1.54, 1.807) is 12.1 Å². The molecule has 0 fully saturated rings. The molecule has 16 heavy (non-hydrogen) atoms. The van der Waals surface area contributed by atoms with Crippen LogP contribution in [0.5, 0.6) is 0 Å². The third-order valence-electron chi connectivity index (χ3n) is 1.93. The van der Waals surface area contributed by atoms with Gasteiger partial charge in [-0.3, -0.25) is 0 Å². The monoisotopic (exact) mass is 325 g/mol. The van der Waals surface area contributed by atoms with Crippen molar-refractivity contribution in [3.05, 3.63) is 54.6 Å². The summed E-state index contributed by atoms with van der Waals surface area (Å²) in [6, 6.07) is 16.9. The van der Waals surface area contributed by atoms with Gasteiger partial charge in [-0.15, -0.1) is 24.0 Å². The average Bonchev–Trinajstić information content (AvgIpc) is 2.30. The summed E-state index contributed by atoms with van der Waals surface area (Å²) in [5, 5.41) is 8.18. The molecule has 3 nitrogen and oxygen atoms in total. The highest BCUT2D eigenvalue weighted by atomic mass is 127. The smallest absolute Gasteiger partial charge is 0.0858 e. The summed E-state index contributed by atoms with van der Waals surface area (Å²) in [5.41, 5.74) is 7.93. The van der Waals surface area contributed by atoms with Crippen molar-refractivity contribution in [2.75, 3.05) is 5.73 Å². The van der Waals surface area contributed by atoms with Crippen LogP contribution < -0.4 is 5.73 Å². The van der Waals surface area contributed by atoms with E-state index in [0.717, 1.165) is 17.1 Å². The molecule has 0 heterocycles. The maximum absolute atomic E-state index is 5.56. The van der Waals surface area contributed by atoms with E-state index in [9.17, 15) is 0 Å². The highest BCUT2D eigenvalue weighted by Crippen LogP contribution is 2.18.